The van der Waals surface area contributed by atoms with Crippen molar-refractivity contribution in [1.29, 1.82) is 0 Å². The maximum absolute atomic E-state index is 12.0. The predicted octanol–water partition coefficient (Wildman–Crippen LogP) is 4.71. The summed E-state index contributed by atoms with van der Waals surface area (Å²) in [6.07, 6.45) is 1.56. The fourth-order valence-corrected chi connectivity index (χ4v) is 4.78. The molecule has 0 aliphatic carbocycles. The van der Waals surface area contributed by atoms with E-state index in [0.29, 0.717) is 18.1 Å². The number of thioether (sulfide) groups is 1. The van der Waals surface area contributed by atoms with Crippen LogP contribution < -0.4 is 14.9 Å². The molecule has 0 saturated heterocycles. The lowest BCUT2D eigenvalue weighted by Gasteiger charge is -2.11. The minimum absolute atomic E-state index is 0.197. The Morgan fingerprint density at radius 2 is 2.21 bits per heavy atom. The lowest BCUT2D eigenvalue weighted by Crippen LogP contribution is -2.19. The van der Waals surface area contributed by atoms with Crippen molar-refractivity contribution in [2.75, 3.05) is 19.5 Å². The van der Waals surface area contributed by atoms with Crippen molar-refractivity contribution in [3.63, 3.8) is 0 Å². The number of fused-ring (bicyclic) bond motifs is 1. The summed E-state index contributed by atoms with van der Waals surface area (Å²) >= 11 is 6.43. The van der Waals surface area contributed by atoms with Crippen molar-refractivity contribution >= 4 is 61.4 Å². The van der Waals surface area contributed by atoms with Gasteiger partial charge in [0.1, 0.15) is 0 Å². The van der Waals surface area contributed by atoms with Crippen molar-refractivity contribution in [2.45, 2.75) is 11.3 Å². The zero-order valence-electron chi connectivity index (χ0n) is 15.3. The Morgan fingerprint density at radius 1 is 1.39 bits per heavy atom. The molecule has 1 heterocycles. The second kappa shape index (κ2) is 9.90. The van der Waals surface area contributed by atoms with E-state index in [1.54, 1.807) is 30.7 Å². The smallest absolute Gasteiger partial charge is 0.250 e. The number of methoxy groups -OCH3 is 1. The lowest BCUT2D eigenvalue weighted by atomic mass is 10.2. The van der Waals surface area contributed by atoms with E-state index in [1.807, 2.05) is 37.3 Å². The van der Waals surface area contributed by atoms with Gasteiger partial charge in [0.25, 0.3) is 5.91 Å². The Labute approximate surface area is 179 Å². The van der Waals surface area contributed by atoms with Crippen LogP contribution in [0.3, 0.4) is 0 Å². The van der Waals surface area contributed by atoms with Crippen LogP contribution in [0.1, 0.15) is 12.5 Å². The Morgan fingerprint density at radius 3 is 2.96 bits per heavy atom. The van der Waals surface area contributed by atoms with Crippen molar-refractivity contribution in [3.05, 3.63) is 46.4 Å². The van der Waals surface area contributed by atoms with Gasteiger partial charge in [0.05, 0.1) is 40.4 Å². The van der Waals surface area contributed by atoms with E-state index in [1.165, 1.54) is 11.8 Å². The number of hydrogen-bond acceptors (Lipinski definition) is 7. The van der Waals surface area contributed by atoms with Gasteiger partial charge in [-0.1, -0.05) is 23.9 Å². The summed E-state index contributed by atoms with van der Waals surface area (Å²) in [4.78, 5) is 16.5. The zero-order valence-corrected chi connectivity index (χ0v) is 18.5. The van der Waals surface area contributed by atoms with Gasteiger partial charge in [-0.2, -0.15) is 5.10 Å². The normalized spacial score (nSPS) is 11.1. The van der Waals surface area contributed by atoms with Gasteiger partial charge in [-0.25, -0.2) is 10.4 Å². The summed E-state index contributed by atoms with van der Waals surface area (Å²) < 4.78 is 13.6. The summed E-state index contributed by atoms with van der Waals surface area (Å²) in [5, 5.41) is 4.02. The van der Waals surface area contributed by atoms with Gasteiger partial charge in [-0.3, -0.25) is 4.79 Å². The molecular formula is C19H18BrN3O3S2. The Kier molecular flexibility index (Phi) is 7.30. The number of nitrogens with zero attached hydrogens (tertiary/aromatic N) is 2. The minimum atomic E-state index is -0.197. The number of nitrogens with one attached hydrogen (secondary N) is 1. The fourth-order valence-electron chi connectivity index (χ4n) is 2.35. The molecule has 28 heavy (non-hydrogen) atoms. The number of amides is 1. The van der Waals surface area contributed by atoms with Crippen molar-refractivity contribution in [3.8, 4) is 11.5 Å². The highest BCUT2D eigenvalue weighted by molar-refractivity contribution is 9.10. The molecule has 0 aliphatic rings. The molecule has 2 aromatic carbocycles. The number of thiazole rings is 1. The Hall–Kier alpha value is -2.10. The molecule has 0 unspecified atom stereocenters. The first-order chi connectivity index (χ1) is 13.6. The van der Waals surface area contributed by atoms with Crippen LogP contribution in [0.15, 0.2) is 50.3 Å². The molecule has 0 bridgehead atoms. The monoisotopic (exact) mass is 479 g/mol. The Balaban J connectivity index is 1.56. The summed E-state index contributed by atoms with van der Waals surface area (Å²) in [5.41, 5.74) is 4.25. The molecule has 0 spiro atoms. The third-order valence-electron chi connectivity index (χ3n) is 3.54. The standard InChI is InChI=1S/C19H18BrN3O3S2/c1-3-26-18-13(20)8-12(9-15(18)25-2)10-21-23-17(24)11-27-19-22-14-6-4-5-7-16(14)28-19/h4-10H,3,11H2,1-2H3,(H,23,24). The molecule has 0 atom stereocenters. The number of benzene rings is 2. The molecule has 0 radical (unpaired) electrons. The van der Waals surface area contributed by atoms with Gasteiger partial charge < -0.3 is 9.47 Å². The van der Waals surface area contributed by atoms with E-state index in [2.05, 4.69) is 31.4 Å². The van der Waals surface area contributed by atoms with E-state index in [9.17, 15) is 4.79 Å². The summed E-state index contributed by atoms with van der Waals surface area (Å²) in [7, 11) is 1.58. The molecule has 6 nitrogen and oxygen atoms in total. The number of carbonyl (C=O) groups excluding carboxylic acids is 1. The van der Waals surface area contributed by atoms with E-state index >= 15 is 0 Å². The van der Waals surface area contributed by atoms with Crippen molar-refractivity contribution in [2.24, 2.45) is 5.10 Å². The van der Waals surface area contributed by atoms with Gasteiger partial charge in [0.2, 0.25) is 0 Å². The number of para-hydroxylation sites is 1. The maximum Gasteiger partial charge on any atom is 0.250 e. The SMILES string of the molecule is CCOc1c(Br)cc(C=NNC(=O)CSc2nc3ccccc3s2)cc1OC. The molecular weight excluding hydrogens is 462 g/mol. The molecule has 0 saturated carbocycles. The van der Waals surface area contributed by atoms with Crippen LogP contribution in [0.25, 0.3) is 10.2 Å². The van der Waals surface area contributed by atoms with Crippen LogP contribution in [0.5, 0.6) is 11.5 Å². The molecule has 146 valence electrons. The molecule has 1 amide bonds. The van der Waals surface area contributed by atoms with Crippen LogP contribution in [0.2, 0.25) is 0 Å². The van der Waals surface area contributed by atoms with Gasteiger partial charge in [-0.05, 0) is 52.7 Å². The van der Waals surface area contributed by atoms with Crippen LogP contribution in [-0.4, -0.2) is 36.6 Å². The number of hydrazone groups is 1. The van der Waals surface area contributed by atoms with Crippen LogP contribution in [-0.2, 0) is 4.79 Å². The average molecular weight is 480 g/mol. The van der Waals surface area contributed by atoms with E-state index in [-0.39, 0.29) is 11.7 Å². The van der Waals surface area contributed by atoms with Crippen LogP contribution in [0, 0.1) is 0 Å². The third-order valence-corrected chi connectivity index (χ3v) is 6.31. The zero-order chi connectivity index (χ0) is 19.9. The van der Waals surface area contributed by atoms with Gasteiger partial charge >= 0.3 is 0 Å². The Bertz CT molecular complexity index is 974. The molecule has 1 N–H and O–H groups in total. The fraction of sp³-hybridized carbons (Fsp3) is 0.211. The predicted molar refractivity (Wildman–Crippen MR) is 118 cm³/mol. The third kappa shape index (κ3) is 5.24. The lowest BCUT2D eigenvalue weighted by molar-refractivity contribution is -0.118. The van der Waals surface area contributed by atoms with E-state index in [0.717, 1.165) is 24.6 Å². The minimum Gasteiger partial charge on any atom is -0.493 e. The highest BCUT2D eigenvalue weighted by Gasteiger charge is 2.11. The average Bonchev–Trinajstić information content (AvgIpc) is 3.11. The van der Waals surface area contributed by atoms with Crippen LogP contribution >= 0.6 is 39.0 Å². The molecule has 0 fully saturated rings. The van der Waals surface area contributed by atoms with Crippen molar-refractivity contribution in [1.82, 2.24) is 10.4 Å². The first kappa shape index (κ1) is 20.6. The number of carbonyl (C=O) groups is 1. The number of rotatable bonds is 8. The number of hydrogen-bond donors (Lipinski definition) is 1. The van der Waals surface area contributed by atoms with Crippen molar-refractivity contribution < 1.29 is 14.3 Å². The maximum atomic E-state index is 12.0. The second-order valence-corrected chi connectivity index (χ2v) is 8.60. The second-order valence-electron chi connectivity index (χ2n) is 5.50. The van der Waals surface area contributed by atoms with Gasteiger partial charge in [-0.15, -0.1) is 11.3 Å². The quantitative estimate of drug-likeness (QED) is 0.287. The number of ether oxygens (including phenoxy) is 2. The number of halogens is 1. The van der Waals surface area contributed by atoms with E-state index < -0.39 is 0 Å². The first-order valence-electron chi connectivity index (χ1n) is 8.41. The van der Waals surface area contributed by atoms with Crippen LogP contribution in [0.4, 0.5) is 0 Å². The summed E-state index contributed by atoms with van der Waals surface area (Å²) in [6, 6.07) is 11.5. The molecule has 9 heteroatoms. The first-order valence-corrected chi connectivity index (χ1v) is 11.0. The summed E-state index contributed by atoms with van der Waals surface area (Å²) in [6.45, 7) is 2.44. The largest absolute Gasteiger partial charge is 0.493 e. The molecule has 3 rings (SSSR count). The molecule has 1 aromatic heterocycles. The number of aromatic nitrogens is 1. The van der Waals surface area contributed by atoms with Gasteiger partial charge in [0, 0.05) is 0 Å². The topological polar surface area (TPSA) is 72.8 Å². The molecule has 3 aromatic rings. The van der Waals surface area contributed by atoms with E-state index in [4.69, 9.17) is 9.47 Å². The van der Waals surface area contributed by atoms with Gasteiger partial charge in [0.15, 0.2) is 15.8 Å². The highest BCUT2D eigenvalue weighted by Crippen LogP contribution is 2.36. The summed E-state index contributed by atoms with van der Waals surface area (Å²) in [5.74, 6) is 1.28. The molecule has 0 aliphatic heterocycles. The highest BCUT2D eigenvalue weighted by atomic mass is 79.9.